The lowest BCUT2D eigenvalue weighted by atomic mass is 10.4. The van der Waals surface area contributed by atoms with Crippen molar-refractivity contribution in [2.75, 3.05) is 6.61 Å². The number of allylic oxidation sites excluding steroid dienone is 1. The highest BCUT2D eigenvalue weighted by molar-refractivity contribution is 9.11. The molecule has 0 unspecified atom stereocenters. The molecular weight excluding hydrogens is 204 g/mol. The topological polar surface area (TPSA) is 9.23 Å². The second-order valence-electron chi connectivity index (χ2n) is 2.42. The SMILES string of the molecule is CCO[C@@H]1C[C@H]1C#C/C=C/Br. The van der Waals surface area contributed by atoms with E-state index in [1.807, 2.05) is 6.92 Å². The van der Waals surface area contributed by atoms with Gasteiger partial charge in [-0.15, -0.1) is 0 Å². The predicted octanol–water partition coefficient (Wildman–Crippen LogP) is 2.32. The summed E-state index contributed by atoms with van der Waals surface area (Å²) < 4.78 is 5.36. The van der Waals surface area contributed by atoms with Crippen LogP contribution >= 0.6 is 15.9 Å². The van der Waals surface area contributed by atoms with Gasteiger partial charge in [-0.25, -0.2) is 0 Å². The van der Waals surface area contributed by atoms with Crippen molar-refractivity contribution in [2.24, 2.45) is 5.92 Å². The first-order valence-corrected chi connectivity index (χ1v) is 4.68. The third kappa shape index (κ3) is 3.09. The van der Waals surface area contributed by atoms with E-state index in [9.17, 15) is 0 Å². The van der Waals surface area contributed by atoms with E-state index in [4.69, 9.17) is 4.74 Å². The molecule has 2 atom stereocenters. The lowest BCUT2D eigenvalue weighted by Gasteiger charge is -1.92. The molecule has 60 valence electrons. The molecule has 0 N–H and O–H groups in total. The number of hydrogen-bond acceptors (Lipinski definition) is 1. The summed E-state index contributed by atoms with van der Waals surface area (Å²) in [5.74, 6) is 6.51. The van der Waals surface area contributed by atoms with E-state index in [0.717, 1.165) is 13.0 Å². The maximum atomic E-state index is 5.36. The smallest absolute Gasteiger partial charge is 0.0726 e. The molecular formula is C9H11BrO. The largest absolute Gasteiger partial charge is 0.377 e. The van der Waals surface area contributed by atoms with Crippen LogP contribution in [0.25, 0.3) is 0 Å². The van der Waals surface area contributed by atoms with Crippen LogP contribution in [-0.4, -0.2) is 12.7 Å². The lowest BCUT2D eigenvalue weighted by molar-refractivity contribution is 0.127. The van der Waals surface area contributed by atoms with Gasteiger partial charge in [0.15, 0.2) is 0 Å². The second kappa shape index (κ2) is 4.58. The minimum Gasteiger partial charge on any atom is -0.377 e. The van der Waals surface area contributed by atoms with Crippen molar-refractivity contribution < 1.29 is 4.74 Å². The van der Waals surface area contributed by atoms with Gasteiger partial charge in [-0.2, -0.15) is 0 Å². The van der Waals surface area contributed by atoms with E-state index in [-0.39, 0.29) is 0 Å². The van der Waals surface area contributed by atoms with Crippen LogP contribution in [0, 0.1) is 17.8 Å². The fourth-order valence-electron chi connectivity index (χ4n) is 0.909. The summed E-state index contributed by atoms with van der Waals surface area (Å²) in [6.07, 6.45) is 3.31. The van der Waals surface area contributed by atoms with E-state index in [1.165, 1.54) is 0 Å². The molecule has 0 heterocycles. The van der Waals surface area contributed by atoms with Crippen molar-refractivity contribution in [1.82, 2.24) is 0 Å². The summed E-state index contributed by atoms with van der Waals surface area (Å²) in [6.45, 7) is 2.82. The van der Waals surface area contributed by atoms with Gasteiger partial charge in [0.1, 0.15) is 0 Å². The third-order valence-electron chi connectivity index (χ3n) is 1.53. The molecule has 1 rings (SSSR count). The molecule has 0 aromatic heterocycles. The summed E-state index contributed by atoms with van der Waals surface area (Å²) in [5, 5.41) is 0. The molecule has 2 heteroatoms. The van der Waals surface area contributed by atoms with Gasteiger partial charge in [0.25, 0.3) is 0 Å². The van der Waals surface area contributed by atoms with Crippen molar-refractivity contribution in [3.05, 3.63) is 11.1 Å². The van der Waals surface area contributed by atoms with Crippen LogP contribution < -0.4 is 0 Å². The highest BCUT2D eigenvalue weighted by Gasteiger charge is 2.36. The Hall–Kier alpha value is -0.260. The molecule has 1 fully saturated rings. The normalized spacial score (nSPS) is 28.2. The Bertz CT molecular complexity index is 199. The highest BCUT2D eigenvalue weighted by atomic mass is 79.9. The maximum absolute atomic E-state index is 5.36. The van der Waals surface area contributed by atoms with E-state index < -0.39 is 0 Å². The predicted molar refractivity (Wildman–Crippen MR) is 49.4 cm³/mol. The Balaban J connectivity index is 2.18. The number of ether oxygens (including phenoxy) is 1. The van der Waals surface area contributed by atoms with E-state index >= 15 is 0 Å². The van der Waals surface area contributed by atoms with Gasteiger partial charge in [-0.1, -0.05) is 27.8 Å². The van der Waals surface area contributed by atoms with Crippen LogP contribution in [0.5, 0.6) is 0 Å². The Morgan fingerprint density at radius 3 is 3.18 bits per heavy atom. The van der Waals surface area contributed by atoms with Crippen molar-refractivity contribution in [2.45, 2.75) is 19.4 Å². The summed E-state index contributed by atoms with van der Waals surface area (Å²) in [4.78, 5) is 1.76. The first-order chi connectivity index (χ1) is 5.38. The summed E-state index contributed by atoms with van der Waals surface area (Å²) in [6, 6.07) is 0. The summed E-state index contributed by atoms with van der Waals surface area (Å²) >= 11 is 3.15. The minimum absolute atomic E-state index is 0.413. The Kier molecular flexibility index (Phi) is 3.68. The Morgan fingerprint density at radius 1 is 1.73 bits per heavy atom. The molecule has 0 bridgehead atoms. The zero-order chi connectivity index (χ0) is 8.10. The van der Waals surface area contributed by atoms with Crippen LogP contribution in [-0.2, 0) is 4.74 Å². The van der Waals surface area contributed by atoms with Gasteiger partial charge in [0.2, 0.25) is 0 Å². The summed E-state index contributed by atoms with van der Waals surface area (Å²) in [7, 11) is 0. The Labute approximate surface area is 75.9 Å². The molecule has 1 nitrogen and oxygen atoms in total. The van der Waals surface area contributed by atoms with Gasteiger partial charge in [-0.3, -0.25) is 0 Å². The molecule has 0 aromatic carbocycles. The fourth-order valence-corrected chi connectivity index (χ4v) is 1.04. The third-order valence-corrected chi connectivity index (χ3v) is 1.79. The fraction of sp³-hybridized carbons (Fsp3) is 0.556. The first kappa shape index (κ1) is 8.83. The molecule has 11 heavy (non-hydrogen) atoms. The van der Waals surface area contributed by atoms with Crippen LogP contribution in [0.4, 0.5) is 0 Å². The van der Waals surface area contributed by atoms with Gasteiger partial charge in [0.05, 0.1) is 6.10 Å². The number of rotatable bonds is 2. The van der Waals surface area contributed by atoms with Gasteiger partial charge < -0.3 is 4.74 Å². The number of halogens is 1. The standard InChI is InChI=1S/C9H11BrO/c1-2-11-9-7-8(9)5-3-4-6-10/h4,6,8-9H,2,7H2,1H3/b6-4+/t8-,9-/m1/s1. The molecule has 0 aromatic rings. The van der Waals surface area contributed by atoms with Gasteiger partial charge >= 0.3 is 0 Å². The zero-order valence-corrected chi connectivity index (χ0v) is 8.10. The molecule has 0 spiro atoms. The number of hydrogen-bond donors (Lipinski definition) is 0. The molecule has 1 aliphatic rings. The molecule has 1 saturated carbocycles. The van der Waals surface area contributed by atoms with Crippen molar-refractivity contribution in [3.63, 3.8) is 0 Å². The average molecular weight is 215 g/mol. The zero-order valence-electron chi connectivity index (χ0n) is 6.51. The van der Waals surface area contributed by atoms with Crippen LogP contribution in [0.1, 0.15) is 13.3 Å². The monoisotopic (exact) mass is 214 g/mol. The van der Waals surface area contributed by atoms with Crippen molar-refractivity contribution in [3.8, 4) is 11.8 Å². The quantitative estimate of drug-likeness (QED) is 0.642. The van der Waals surface area contributed by atoms with E-state index in [0.29, 0.717) is 12.0 Å². The average Bonchev–Trinajstić information content (AvgIpc) is 2.70. The molecule has 0 saturated heterocycles. The lowest BCUT2D eigenvalue weighted by Crippen LogP contribution is -1.93. The molecule has 0 aliphatic heterocycles. The van der Waals surface area contributed by atoms with Gasteiger partial charge in [-0.05, 0) is 24.4 Å². The molecule has 0 amide bonds. The van der Waals surface area contributed by atoms with Crippen molar-refractivity contribution in [1.29, 1.82) is 0 Å². The Morgan fingerprint density at radius 2 is 2.55 bits per heavy atom. The highest BCUT2D eigenvalue weighted by Crippen LogP contribution is 2.32. The molecule has 0 radical (unpaired) electrons. The van der Waals surface area contributed by atoms with Gasteiger partial charge in [0, 0.05) is 12.5 Å². The van der Waals surface area contributed by atoms with E-state index in [1.54, 1.807) is 11.1 Å². The molecule has 1 aliphatic carbocycles. The second-order valence-corrected chi connectivity index (χ2v) is 2.95. The van der Waals surface area contributed by atoms with Crippen LogP contribution in [0.15, 0.2) is 11.1 Å². The first-order valence-electron chi connectivity index (χ1n) is 3.76. The van der Waals surface area contributed by atoms with Crippen LogP contribution in [0.2, 0.25) is 0 Å². The van der Waals surface area contributed by atoms with E-state index in [2.05, 4.69) is 27.8 Å². The minimum atomic E-state index is 0.413. The maximum Gasteiger partial charge on any atom is 0.0726 e. The van der Waals surface area contributed by atoms with Crippen LogP contribution in [0.3, 0.4) is 0 Å². The summed E-state index contributed by atoms with van der Waals surface area (Å²) in [5.41, 5.74) is 0. The van der Waals surface area contributed by atoms with Crippen molar-refractivity contribution >= 4 is 15.9 Å².